The average Bonchev–Trinajstić information content (AvgIpc) is 2.40. The molecule has 0 radical (unpaired) electrons. The van der Waals surface area contributed by atoms with E-state index in [9.17, 15) is 4.79 Å². The summed E-state index contributed by atoms with van der Waals surface area (Å²) in [4.78, 5) is 14.8. The molecule has 1 aliphatic heterocycles. The predicted octanol–water partition coefficient (Wildman–Crippen LogP) is 4.02. The number of halogens is 1. The van der Waals surface area contributed by atoms with Gasteiger partial charge in [-0.15, -0.1) is 0 Å². The SMILES string of the molecule is Cc1ccc(Br)cc1C(=O)N1CC2CCCC(C2)C1. The highest BCUT2D eigenvalue weighted by Crippen LogP contribution is 2.35. The van der Waals surface area contributed by atoms with Crippen molar-refractivity contribution in [3.63, 3.8) is 0 Å². The van der Waals surface area contributed by atoms with Gasteiger partial charge in [0.25, 0.3) is 5.91 Å². The number of likely N-dealkylation sites (tertiary alicyclic amines) is 1. The van der Waals surface area contributed by atoms with Crippen LogP contribution in [-0.4, -0.2) is 23.9 Å². The number of amides is 1. The summed E-state index contributed by atoms with van der Waals surface area (Å²) in [5, 5.41) is 0. The van der Waals surface area contributed by atoms with Crippen molar-refractivity contribution in [3.05, 3.63) is 33.8 Å². The van der Waals surface area contributed by atoms with Gasteiger partial charge in [0, 0.05) is 23.1 Å². The minimum atomic E-state index is 0.218. The molecule has 1 aromatic carbocycles. The molecule has 2 nitrogen and oxygen atoms in total. The molecular formula is C16H20BrNO. The van der Waals surface area contributed by atoms with E-state index in [0.29, 0.717) is 0 Å². The van der Waals surface area contributed by atoms with Crippen LogP contribution in [0.4, 0.5) is 0 Å². The van der Waals surface area contributed by atoms with E-state index >= 15 is 0 Å². The maximum atomic E-state index is 12.7. The number of hydrogen-bond acceptors (Lipinski definition) is 1. The van der Waals surface area contributed by atoms with Crippen molar-refractivity contribution in [1.82, 2.24) is 4.90 Å². The van der Waals surface area contributed by atoms with Crippen LogP contribution in [0, 0.1) is 18.8 Å². The third-order valence-corrected chi connectivity index (χ3v) is 5.06. The topological polar surface area (TPSA) is 20.3 Å². The molecule has 102 valence electrons. The minimum absolute atomic E-state index is 0.218. The maximum absolute atomic E-state index is 12.7. The zero-order chi connectivity index (χ0) is 13.4. The Labute approximate surface area is 123 Å². The van der Waals surface area contributed by atoms with E-state index < -0.39 is 0 Å². The van der Waals surface area contributed by atoms with Crippen LogP contribution in [0.1, 0.15) is 41.6 Å². The molecule has 0 spiro atoms. The Morgan fingerprint density at radius 1 is 1.26 bits per heavy atom. The first-order valence-electron chi connectivity index (χ1n) is 7.19. The van der Waals surface area contributed by atoms with Gasteiger partial charge in [0.05, 0.1) is 0 Å². The summed E-state index contributed by atoms with van der Waals surface area (Å²) in [7, 11) is 0. The molecule has 1 aliphatic carbocycles. The number of nitrogens with zero attached hydrogens (tertiary/aromatic N) is 1. The molecule has 1 heterocycles. The van der Waals surface area contributed by atoms with Crippen molar-refractivity contribution in [1.29, 1.82) is 0 Å². The maximum Gasteiger partial charge on any atom is 0.254 e. The minimum Gasteiger partial charge on any atom is -0.338 e. The summed E-state index contributed by atoms with van der Waals surface area (Å²) in [6, 6.07) is 5.97. The molecule has 19 heavy (non-hydrogen) atoms. The molecule has 3 heteroatoms. The molecule has 3 rings (SSSR count). The fourth-order valence-electron chi connectivity index (χ4n) is 3.59. The van der Waals surface area contributed by atoms with Gasteiger partial charge in [-0.05, 0) is 55.7 Å². The molecule has 1 saturated heterocycles. The Balaban J connectivity index is 1.82. The number of aryl methyl sites for hydroxylation is 1. The van der Waals surface area contributed by atoms with E-state index in [1.54, 1.807) is 0 Å². The van der Waals surface area contributed by atoms with Crippen LogP contribution in [0.5, 0.6) is 0 Å². The summed E-state index contributed by atoms with van der Waals surface area (Å²) >= 11 is 3.47. The fourth-order valence-corrected chi connectivity index (χ4v) is 3.95. The largest absolute Gasteiger partial charge is 0.338 e. The zero-order valence-corrected chi connectivity index (χ0v) is 12.9. The van der Waals surface area contributed by atoms with Gasteiger partial charge in [-0.3, -0.25) is 4.79 Å². The van der Waals surface area contributed by atoms with E-state index in [4.69, 9.17) is 0 Å². The summed E-state index contributed by atoms with van der Waals surface area (Å²) < 4.78 is 0.985. The van der Waals surface area contributed by atoms with E-state index in [1.807, 2.05) is 25.1 Å². The second kappa shape index (κ2) is 5.28. The summed E-state index contributed by atoms with van der Waals surface area (Å²) in [6.07, 6.45) is 5.30. The molecular weight excluding hydrogens is 302 g/mol. The fraction of sp³-hybridized carbons (Fsp3) is 0.562. The first-order chi connectivity index (χ1) is 9.13. The van der Waals surface area contributed by atoms with Gasteiger partial charge >= 0.3 is 0 Å². The Morgan fingerprint density at radius 2 is 1.95 bits per heavy atom. The van der Waals surface area contributed by atoms with Gasteiger partial charge in [-0.25, -0.2) is 0 Å². The van der Waals surface area contributed by atoms with Crippen LogP contribution in [0.15, 0.2) is 22.7 Å². The molecule has 0 aromatic heterocycles. The molecule has 2 fully saturated rings. The van der Waals surface area contributed by atoms with Crippen LogP contribution >= 0.6 is 15.9 Å². The van der Waals surface area contributed by atoms with Crippen molar-refractivity contribution in [2.75, 3.05) is 13.1 Å². The number of carbonyl (C=O) groups is 1. The van der Waals surface area contributed by atoms with Crippen molar-refractivity contribution in [2.24, 2.45) is 11.8 Å². The number of rotatable bonds is 1. The molecule has 2 aliphatic rings. The lowest BCUT2D eigenvalue weighted by atomic mass is 9.78. The van der Waals surface area contributed by atoms with Crippen molar-refractivity contribution in [2.45, 2.75) is 32.6 Å². The number of carbonyl (C=O) groups excluding carboxylic acids is 1. The predicted molar refractivity (Wildman–Crippen MR) is 80.2 cm³/mol. The second-order valence-electron chi connectivity index (χ2n) is 6.07. The van der Waals surface area contributed by atoms with E-state index in [2.05, 4.69) is 20.8 Å². The zero-order valence-electron chi connectivity index (χ0n) is 11.4. The molecule has 0 N–H and O–H groups in total. The lowest BCUT2D eigenvalue weighted by Gasteiger charge is -2.41. The second-order valence-corrected chi connectivity index (χ2v) is 6.98. The number of benzene rings is 1. The molecule has 1 amide bonds. The van der Waals surface area contributed by atoms with Crippen LogP contribution < -0.4 is 0 Å². The molecule has 2 unspecified atom stereocenters. The third-order valence-electron chi connectivity index (χ3n) is 4.57. The van der Waals surface area contributed by atoms with Crippen molar-refractivity contribution in [3.8, 4) is 0 Å². The Hall–Kier alpha value is -0.830. The summed E-state index contributed by atoms with van der Waals surface area (Å²) in [5.74, 6) is 1.70. The van der Waals surface area contributed by atoms with Gasteiger partial charge < -0.3 is 4.90 Å². The summed E-state index contributed by atoms with van der Waals surface area (Å²) in [5.41, 5.74) is 1.93. The lowest BCUT2D eigenvalue weighted by Crippen LogP contribution is -2.45. The molecule has 2 atom stereocenters. The van der Waals surface area contributed by atoms with Crippen molar-refractivity contribution < 1.29 is 4.79 Å². The average molecular weight is 322 g/mol. The Morgan fingerprint density at radius 3 is 2.63 bits per heavy atom. The smallest absolute Gasteiger partial charge is 0.254 e. The number of hydrogen-bond donors (Lipinski definition) is 0. The van der Waals surface area contributed by atoms with Crippen LogP contribution in [0.2, 0.25) is 0 Å². The monoisotopic (exact) mass is 321 g/mol. The van der Waals surface area contributed by atoms with Gasteiger partial charge in [-0.2, -0.15) is 0 Å². The van der Waals surface area contributed by atoms with E-state index in [1.165, 1.54) is 25.7 Å². The number of piperidine rings is 1. The molecule has 2 bridgehead atoms. The standard InChI is InChI=1S/C16H20BrNO/c1-11-5-6-14(17)8-15(11)16(19)18-9-12-3-2-4-13(7-12)10-18/h5-6,8,12-13H,2-4,7,9-10H2,1H3. The highest BCUT2D eigenvalue weighted by molar-refractivity contribution is 9.10. The van der Waals surface area contributed by atoms with Crippen LogP contribution in [0.3, 0.4) is 0 Å². The van der Waals surface area contributed by atoms with Gasteiger partial charge in [0.1, 0.15) is 0 Å². The first-order valence-corrected chi connectivity index (χ1v) is 7.98. The highest BCUT2D eigenvalue weighted by atomic mass is 79.9. The van der Waals surface area contributed by atoms with E-state index in [-0.39, 0.29) is 5.91 Å². The number of fused-ring (bicyclic) bond motifs is 2. The lowest BCUT2D eigenvalue weighted by molar-refractivity contribution is 0.0503. The molecule has 1 aromatic rings. The Bertz CT molecular complexity index is 488. The normalized spacial score (nSPS) is 26.3. The third kappa shape index (κ3) is 2.71. The summed E-state index contributed by atoms with van der Waals surface area (Å²) in [6.45, 7) is 3.94. The van der Waals surface area contributed by atoms with Crippen LogP contribution in [-0.2, 0) is 0 Å². The molecule has 1 saturated carbocycles. The van der Waals surface area contributed by atoms with Crippen molar-refractivity contribution >= 4 is 21.8 Å². The van der Waals surface area contributed by atoms with Gasteiger partial charge in [0.2, 0.25) is 0 Å². The van der Waals surface area contributed by atoms with E-state index in [0.717, 1.165) is 40.5 Å². The van der Waals surface area contributed by atoms with Gasteiger partial charge in [-0.1, -0.05) is 28.4 Å². The van der Waals surface area contributed by atoms with Crippen LogP contribution in [0.25, 0.3) is 0 Å². The Kier molecular flexibility index (Phi) is 3.66. The highest BCUT2D eigenvalue weighted by Gasteiger charge is 2.33. The first kappa shape index (κ1) is 13.2. The van der Waals surface area contributed by atoms with Gasteiger partial charge in [0.15, 0.2) is 0 Å². The quantitative estimate of drug-likeness (QED) is 0.765.